The molecule has 0 aromatic heterocycles. The molecule has 1 fully saturated rings. The van der Waals surface area contributed by atoms with Gasteiger partial charge in [-0.15, -0.1) is 24.0 Å². The monoisotopic (exact) mass is 468 g/mol. The molecule has 0 spiro atoms. The molecule has 6 nitrogen and oxygen atoms in total. The first-order valence-electron chi connectivity index (χ1n) is 9.31. The van der Waals surface area contributed by atoms with Gasteiger partial charge in [0.15, 0.2) is 5.96 Å². The number of amides is 1. The third-order valence-corrected chi connectivity index (χ3v) is 4.20. The number of rotatable bonds is 9. The molecule has 148 valence electrons. The first kappa shape index (κ1) is 24.4. The molecule has 7 heteroatoms. The van der Waals surface area contributed by atoms with Gasteiger partial charge >= 0.3 is 0 Å². The van der Waals surface area contributed by atoms with Crippen LogP contribution in [0.1, 0.15) is 52.4 Å². The van der Waals surface area contributed by atoms with E-state index in [2.05, 4.69) is 29.5 Å². The van der Waals surface area contributed by atoms with Gasteiger partial charge in [-0.1, -0.05) is 33.1 Å². The van der Waals surface area contributed by atoms with Crippen molar-refractivity contribution in [1.29, 1.82) is 0 Å². The fourth-order valence-corrected chi connectivity index (χ4v) is 2.54. The van der Waals surface area contributed by atoms with Crippen LogP contribution in [-0.4, -0.2) is 63.2 Å². The summed E-state index contributed by atoms with van der Waals surface area (Å²) in [7, 11) is 3.50. The zero-order chi connectivity index (χ0) is 17.8. The molecular weight excluding hydrogens is 431 g/mol. The second-order valence-electron chi connectivity index (χ2n) is 7.15. The van der Waals surface area contributed by atoms with Gasteiger partial charge in [-0.2, -0.15) is 0 Å². The lowest BCUT2D eigenvalue weighted by Crippen LogP contribution is -2.45. The minimum absolute atomic E-state index is 0. The van der Waals surface area contributed by atoms with Crippen molar-refractivity contribution in [3.63, 3.8) is 0 Å². The Balaban J connectivity index is 0.00000576. The minimum Gasteiger partial charge on any atom is -0.380 e. The van der Waals surface area contributed by atoms with Gasteiger partial charge in [0.1, 0.15) is 6.54 Å². The standard InChI is InChI=1S/C18H36N4O2.HI/c1-15(2)10-12-24-13-11-19-18(20-14-17(23)22(3)4)21-16-8-6-5-7-9-16;/h15-16H,5-14H2,1-4H3,(H2,19,20,21);1H. The summed E-state index contributed by atoms with van der Waals surface area (Å²) in [5, 5.41) is 6.76. The molecule has 1 saturated carbocycles. The van der Waals surface area contributed by atoms with Gasteiger partial charge in [-0.25, -0.2) is 4.99 Å². The Hall–Kier alpha value is -0.570. The number of ether oxygens (including phenoxy) is 1. The van der Waals surface area contributed by atoms with Crippen LogP contribution in [-0.2, 0) is 9.53 Å². The highest BCUT2D eigenvalue weighted by Gasteiger charge is 2.15. The Labute approximate surface area is 170 Å². The molecule has 0 aromatic rings. The van der Waals surface area contributed by atoms with Crippen molar-refractivity contribution in [2.24, 2.45) is 10.9 Å². The van der Waals surface area contributed by atoms with E-state index in [9.17, 15) is 4.79 Å². The molecule has 2 N–H and O–H groups in total. The summed E-state index contributed by atoms with van der Waals surface area (Å²) in [6.07, 6.45) is 7.28. The zero-order valence-corrected chi connectivity index (χ0v) is 18.7. The number of hydrogen-bond donors (Lipinski definition) is 2. The van der Waals surface area contributed by atoms with Crippen LogP contribution >= 0.6 is 24.0 Å². The SMILES string of the molecule is CC(C)CCOCCNC(=NCC(=O)N(C)C)NC1CCCCC1.I. The predicted octanol–water partition coefficient (Wildman–Crippen LogP) is 2.62. The predicted molar refractivity (Wildman–Crippen MR) is 115 cm³/mol. The highest BCUT2D eigenvalue weighted by molar-refractivity contribution is 14.0. The average Bonchev–Trinajstić information content (AvgIpc) is 2.55. The van der Waals surface area contributed by atoms with E-state index in [4.69, 9.17) is 4.74 Å². The number of hydrogen-bond acceptors (Lipinski definition) is 3. The number of nitrogens with one attached hydrogen (secondary N) is 2. The topological polar surface area (TPSA) is 66.0 Å². The van der Waals surface area contributed by atoms with Gasteiger partial charge in [0, 0.05) is 33.3 Å². The first-order valence-corrected chi connectivity index (χ1v) is 9.31. The Morgan fingerprint density at radius 1 is 1.20 bits per heavy atom. The van der Waals surface area contributed by atoms with Crippen molar-refractivity contribution in [1.82, 2.24) is 15.5 Å². The summed E-state index contributed by atoms with van der Waals surface area (Å²) in [6, 6.07) is 0.460. The summed E-state index contributed by atoms with van der Waals surface area (Å²) in [5.41, 5.74) is 0. The van der Waals surface area contributed by atoms with Crippen molar-refractivity contribution in [2.75, 3.05) is 40.4 Å². The molecule has 25 heavy (non-hydrogen) atoms. The molecule has 1 amide bonds. The molecule has 1 aliphatic rings. The molecule has 0 radical (unpaired) electrons. The maximum atomic E-state index is 11.8. The van der Waals surface area contributed by atoms with E-state index in [0.29, 0.717) is 25.1 Å². The summed E-state index contributed by atoms with van der Waals surface area (Å²) in [5.74, 6) is 1.40. The van der Waals surface area contributed by atoms with E-state index in [1.54, 1.807) is 19.0 Å². The van der Waals surface area contributed by atoms with Gasteiger partial charge in [0.25, 0.3) is 0 Å². The van der Waals surface area contributed by atoms with Gasteiger partial charge in [-0.05, 0) is 25.2 Å². The number of carbonyl (C=O) groups is 1. The zero-order valence-electron chi connectivity index (χ0n) is 16.3. The third kappa shape index (κ3) is 12.4. The fourth-order valence-electron chi connectivity index (χ4n) is 2.54. The van der Waals surface area contributed by atoms with E-state index < -0.39 is 0 Å². The van der Waals surface area contributed by atoms with Crippen LogP contribution in [0.3, 0.4) is 0 Å². The normalized spacial score (nSPS) is 15.6. The van der Waals surface area contributed by atoms with Crippen LogP contribution in [0.4, 0.5) is 0 Å². The number of likely N-dealkylation sites (N-methyl/N-ethyl adjacent to an activating group) is 1. The summed E-state index contributed by atoms with van der Waals surface area (Å²) >= 11 is 0. The molecule has 0 heterocycles. The Morgan fingerprint density at radius 3 is 2.48 bits per heavy atom. The van der Waals surface area contributed by atoms with Crippen molar-refractivity contribution >= 4 is 35.8 Å². The van der Waals surface area contributed by atoms with Crippen LogP contribution in [0, 0.1) is 5.92 Å². The minimum atomic E-state index is 0. The summed E-state index contributed by atoms with van der Waals surface area (Å²) < 4.78 is 5.63. The lowest BCUT2D eigenvalue weighted by Gasteiger charge is -2.25. The van der Waals surface area contributed by atoms with Gasteiger partial charge in [0.05, 0.1) is 6.61 Å². The van der Waals surface area contributed by atoms with Gasteiger partial charge in [0.2, 0.25) is 5.91 Å². The van der Waals surface area contributed by atoms with Crippen LogP contribution in [0.25, 0.3) is 0 Å². The largest absolute Gasteiger partial charge is 0.380 e. The number of halogens is 1. The van der Waals surface area contributed by atoms with Crippen molar-refractivity contribution in [3.8, 4) is 0 Å². The van der Waals surface area contributed by atoms with Crippen molar-refractivity contribution in [2.45, 2.75) is 58.4 Å². The maximum Gasteiger partial charge on any atom is 0.243 e. The molecule has 0 unspecified atom stereocenters. The lowest BCUT2D eigenvalue weighted by atomic mass is 9.96. The van der Waals surface area contributed by atoms with Gasteiger partial charge < -0.3 is 20.3 Å². The van der Waals surface area contributed by atoms with E-state index in [0.717, 1.165) is 19.0 Å². The molecule has 1 rings (SSSR count). The molecule has 1 aliphatic carbocycles. The van der Waals surface area contributed by atoms with Crippen LogP contribution in [0.2, 0.25) is 0 Å². The van der Waals surface area contributed by atoms with Crippen LogP contribution in [0.15, 0.2) is 4.99 Å². The quantitative estimate of drug-likeness (QED) is 0.236. The lowest BCUT2D eigenvalue weighted by molar-refractivity contribution is -0.127. The summed E-state index contributed by atoms with van der Waals surface area (Å²) in [4.78, 5) is 17.8. The Bertz CT molecular complexity index is 383. The van der Waals surface area contributed by atoms with E-state index in [1.807, 2.05) is 0 Å². The third-order valence-electron chi connectivity index (χ3n) is 4.20. The Kier molecular flexibility index (Phi) is 14.3. The van der Waals surface area contributed by atoms with E-state index >= 15 is 0 Å². The molecule has 0 bridgehead atoms. The molecule has 0 atom stereocenters. The number of nitrogens with zero attached hydrogens (tertiary/aromatic N) is 2. The molecule has 0 aliphatic heterocycles. The van der Waals surface area contributed by atoms with Gasteiger partial charge in [-0.3, -0.25) is 4.79 Å². The van der Waals surface area contributed by atoms with Crippen molar-refractivity contribution in [3.05, 3.63) is 0 Å². The average molecular weight is 468 g/mol. The van der Waals surface area contributed by atoms with Crippen molar-refractivity contribution < 1.29 is 9.53 Å². The summed E-state index contributed by atoms with van der Waals surface area (Å²) in [6.45, 7) is 6.71. The number of guanidine groups is 1. The van der Waals surface area contributed by atoms with Crippen LogP contribution < -0.4 is 10.6 Å². The molecule has 0 aromatic carbocycles. The molecule has 0 saturated heterocycles. The van der Waals surface area contributed by atoms with E-state index in [-0.39, 0.29) is 36.4 Å². The molecular formula is C18H37IN4O2. The highest BCUT2D eigenvalue weighted by Crippen LogP contribution is 2.17. The van der Waals surface area contributed by atoms with E-state index in [1.165, 1.54) is 32.1 Å². The number of carbonyl (C=O) groups excluding carboxylic acids is 1. The number of aliphatic imine (C=N–C) groups is 1. The Morgan fingerprint density at radius 2 is 1.88 bits per heavy atom. The fraction of sp³-hybridized carbons (Fsp3) is 0.889. The first-order chi connectivity index (χ1) is 11.5. The van der Waals surface area contributed by atoms with Crippen LogP contribution in [0.5, 0.6) is 0 Å². The maximum absolute atomic E-state index is 11.8. The smallest absolute Gasteiger partial charge is 0.243 e. The highest BCUT2D eigenvalue weighted by atomic mass is 127. The second kappa shape index (κ2) is 14.6. The second-order valence-corrected chi connectivity index (χ2v) is 7.15.